The number of carbonyl (C=O) groups excluding carboxylic acids is 1. The maximum atomic E-state index is 12.3. The van der Waals surface area contributed by atoms with E-state index in [0.717, 1.165) is 49.2 Å². The molecule has 1 fully saturated rings. The van der Waals surface area contributed by atoms with Gasteiger partial charge in [-0.2, -0.15) is 0 Å². The van der Waals surface area contributed by atoms with Crippen LogP contribution >= 0.6 is 23.2 Å². The Bertz CT molecular complexity index is 1030. The summed E-state index contributed by atoms with van der Waals surface area (Å²) in [6, 6.07) is 23.9. The lowest BCUT2D eigenvalue weighted by Gasteiger charge is -2.32. The van der Waals surface area contributed by atoms with Crippen LogP contribution in [-0.4, -0.2) is 36.5 Å². The summed E-state index contributed by atoms with van der Waals surface area (Å²) in [5.74, 6) is 0.608. The summed E-state index contributed by atoms with van der Waals surface area (Å²) < 4.78 is 5.68. The van der Waals surface area contributed by atoms with Gasteiger partial charge in [0.1, 0.15) is 5.75 Å². The predicted octanol–water partition coefficient (Wildman–Crippen LogP) is 5.82. The smallest absolute Gasteiger partial charge is 0.258 e. The number of nitrogens with one attached hydrogen (secondary N) is 1. The van der Waals surface area contributed by atoms with Gasteiger partial charge in [-0.1, -0.05) is 71.7 Å². The van der Waals surface area contributed by atoms with Crippen molar-refractivity contribution in [2.45, 2.75) is 25.4 Å². The fourth-order valence-electron chi connectivity index (χ4n) is 3.92. The van der Waals surface area contributed by atoms with Crippen LogP contribution in [0.25, 0.3) is 11.1 Å². The van der Waals surface area contributed by atoms with Crippen LogP contribution in [0.15, 0.2) is 72.8 Å². The SMILES string of the molecule is O=C(COc1ccc(-c2ccccc2)cc1)NC1CCN(Cc2ccc(Cl)c(Cl)c2)CC1. The van der Waals surface area contributed by atoms with Crippen molar-refractivity contribution < 1.29 is 9.53 Å². The third-order valence-electron chi connectivity index (χ3n) is 5.67. The molecule has 0 atom stereocenters. The fourth-order valence-corrected chi connectivity index (χ4v) is 4.24. The summed E-state index contributed by atoms with van der Waals surface area (Å²) in [5, 5.41) is 4.26. The lowest BCUT2D eigenvalue weighted by molar-refractivity contribution is -0.124. The molecule has 166 valence electrons. The van der Waals surface area contributed by atoms with Crippen molar-refractivity contribution >= 4 is 29.1 Å². The molecule has 0 radical (unpaired) electrons. The molecular formula is C26H26Cl2N2O2. The van der Waals surface area contributed by atoms with Crippen LogP contribution in [0.3, 0.4) is 0 Å². The summed E-state index contributed by atoms with van der Waals surface area (Å²) in [6.07, 6.45) is 1.83. The zero-order valence-electron chi connectivity index (χ0n) is 17.8. The third-order valence-corrected chi connectivity index (χ3v) is 6.41. The second kappa shape index (κ2) is 10.9. The molecule has 1 aliphatic heterocycles. The highest BCUT2D eigenvalue weighted by Gasteiger charge is 2.21. The Labute approximate surface area is 199 Å². The molecule has 4 nitrogen and oxygen atoms in total. The standard InChI is InChI=1S/C26H26Cl2N2O2/c27-24-11-6-19(16-25(24)28)17-30-14-12-22(13-15-30)29-26(31)18-32-23-9-7-21(8-10-23)20-4-2-1-3-5-20/h1-11,16,22H,12-15,17-18H2,(H,29,31). The third kappa shape index (κ3) is 6.26. The van der Waals surface area contributed by atoms with Crippen LogP contribution in [-0.2, 0) is 11.3 Å². The molecule has 0 aromatic heterocycles. The number of nitrogens with zero attached hydrogens (tertiary/aromatic N) is 1. The molecule has 4 rings (SSSR count). The Morgan fingerprint density at radius 2 is 1.59 bits per heavy atom. The van der Waals surface area contributed by atoms with Gasteiger partial charge in [-0.05, 0) is 53.8 Å². The zero-order chi connectivity index (χ0) is 22.3. The quantitative estimate of drug-likeness (QED) is 0.474. The van der Waals surface area contributed by atoms with Crippen molar-refractivity contribution in [2.75, 3.05) is 19.7 Å². The van der Waals surface area contributed by atoms with Crippen LogP contribution in [0.4, 0.5) is 0 Å². The van der Waals surface area contributed by atoms with E-state index < -0.39 is 0 Å². The first-order valence-electron chi connectivity index (χ1n) is 10.8. The van der Waals surface area contributed by atoms with Gasteiger partial charge < -0.3 is 10.1 Å². The minimum atomic E-state index is -0.0833. The minimum absolute atomic E-state index is 0.0220. The highest BCUT2D eigenvalue weighted by atomic mass is 35.5. The summed E-state index contributed by atoms with van der Waals surface area (Å²) in [6.45, 7) is 2.70. The molecule has 0 aliphatic carbocycles. The molecule has 3 aromatic rings. The van der Waals surface area contributed by atoms with E-state index in [4.69, 9.17) is 27.9 Å². The molecule has 6 heteroatoms. The van der Waals surface area contributed by atoms with Crippen molar-refractivity contribution in [3.05, 3.63) is 88.4 Å². The van der Waals surface area contributed by atoms with Crippen LogP contribution in [0, 0.1) is 0 Å². The first kappa shape index (κ1) is 22.7. The highest BCUT2D eigenvalue weighted by Crippen LogP contribution is 2.24. The van der Waals surface area contributed by atoms with E-state index in [1.54, 1.807) is 0 Å². The molecular weight excluding hydrogens is 443 g/mol. The van der Waals surface area contributed by atoms with E-state index in [-0.39, 0.29) is 18.6 Å². The molecule has 3 aromatic carbocycles. The summed E-state index contributed by atoms with van der Waals surface area (Å²) in [5.41, 5.74) is 3.42. The number of hydrogen-bond acceptors (Lipinski definition) is 3. The van der Waals surface area contributed by atoms with Crippen molar-refractivity contribution in [3.63, 3.8) is 0 Å². The van der Waals surface area contributed by atoms with Crippen LogP contribution in [0.5, 0.6) is 5.75 Å². The van der Waals surface area contributed by atoms with E-state index in [0.29, 0.717) is 15.8 Å². The van der Waals surface area contributed by atoms with E-state index >= 15 is 0 Å². The Balaban J connectivity index is 1.18. The first-order chi connectivity index (χ1) is 15.6. The number of rotatable bonds is 7. The lowest BCUT2D eigenvalue weighted by atomic mass is 10.0. The molecule has 1 heterocycles. The van der Waals surface area contributed by atoms with E-state index in [1.165, 1.54) is 0 Å². The van der Waals surface area contributed by atoms with Crippen LogP contribution < -0.4 is 10.1 Å². The summed E-state index contributed by atoms with van der Waals surface area (Å²) >= 11 is 12.1. The molecule has 1 aliphatic rings. The maximum Gasteiger partial charge on any atom is 0.258 e. The molecule has 1 amide bonds. The number of hydrogen-bond donors (Lipinski definition) is 1. The van der Waals surface area contributed by atoms with Crippen molar-refractivity contribution in [2.24, 2.45) is 0 Å². The normalized spacial score (nSPS) is 14.8. The van der Waals surface area contributed by atoms with Gasteiger partial charge in [0.2, 0.25) is 0 Å². The van der Waals surface area contributed by atoms with Gasteiger partial charge in [-0.25, -0.2) is 0 Å². The summed E-state index contributed by atoms with van der Waals surface area (Å²) in [4.78, 5) is 14.7. The summed E-state index contributed by atoms with van der Waals surface area (Å²) in [7, 11) is 0. The Morgan fingerprint density at radius 3 is 2.28 bits per heavy atom. The lowest BCUT2D eigenvalue weighted by Crippen LogP contribution is -2.45. The van der Waals surface area contributed by atoms with Crippen LogP contribution in [0.2, 0.25) is 10.0 Å². The van der Waals surface area contributed by atoms with Gasteiger partial charge in [-0.15, -0.1) is 0 Å². The van der Waals surface area contributed by atoms with Gasteiger partial charge in [-0.3, -0.25) is 9.69 Å². The number of benzene rings is 3. The average molecular weight is 469 g/mol. The monoisotopic (exact) mass is 468 g/mol. The maximum absolute atomic E-state index is 12.3. The second-order valence-electron chi connectivity index (χ2n) is 8.05. The molecule has 0 unspecified atom stereocenters. The Hall–Kier alpha value is -2.53. The number of amides is 1. The number of halogens is 2. The molecule has 0 bridgehead atoms. The van der Waals surface area contributed by atoms with Crippen molar-refractivity contribution in [1.82, 2.24) is 10.2 Å². The van der Waals surface area contributed by atoms with Gasteiger partial charge in [0, 0.05) is 25.7 Å². The fraction of sp³-hybridized carbons (Fsp3) is 0.269. The molecule has 0 spiro atoms. The Morgan fingerprint density at radius 1 is 0.906 bits per heavy atom. The van der Waals surface area contributed by atoms with Gasteiger partial charge in [0.15, 0.2) is 6.61 Å². The minimum Gasteiger partial charge on any atom is -0.484 e. The molecule has 1 saturated heterocycles. The Kier molecular flexibility index (Phi) is 7.69. The predicted molar refractivity (Wildman–Crippen MR) is 130 cm³/mol. The molecule has 1 N–H and O–H groups in total. The zero-order valence-corrected chi connectivity index (χ0v) is 19.3. The van der Waals surface area contributed by atoms with Crippen molar-refractivity contribution in [1.29, 1.82) is 0 Å². The van der Waals surface area contributed by atoms with Crippen LogP contribution in [0.1, 0.15) is 18.4 Å². The number of ether oxygens (including phenoxy) is 1. The van der Waals surface area contributed by atoms with E-state index in [9.17, 15) is 4.79 Å². The van der Waals surface area contributed by atoms with Gasteiger partial charge in [0.25, 0.3) is 5.91 Å². The van der Waals surface area contributed by atoms with E-state index in [2.05, 4.69) is 22.3 Å². The van der Waals surface area contributed by atoms with E-state index in [1.807, 2.05) is 60.7 Å². The topological polar surface area (TPSA) is 41.6 Å². The van der Waals surface area contributed by atoms with Crippen molar-refractivity contribution in [3.8, 4) is 16.9 Å². The highest BCUT2D eigenvalue weighted by molar-refractivity contribution is 6.42. The molecule has 0 saturated carbocycles. The number of carbonyl (C=O) groups is 1. The van der Waals surface area contributed by atoms with Gasteiger partial charge >= 0.3 is 0 Å². The molecule has 32 heavy (non-hydrogen) atoms. The first-order valence-corrected chi connectivity index (χ1v) is 11.6. The number of likely N-dealkylation sites (tertiary alicyclic amines) is 1. The second-order valence-corrected chi connectivity index (χ2v) is 8.86. The average Bonchev–Trinajstić information content (AvgIpc) is 2.82. The largest absolute Gasteiger partial charge is 0.484 e. The number of piperidine rings is 1. The van der Waals surface area contributed by atoms with Gasteiger partial charge in [0.05, 0.1) is 10.0 Å².